The van der Waals surface area contributed by atoms with Crippen LogP contribution >= 0.6 is 0 Å². The minimum Gasteiger partial charge on any atom is -0.472 e. The smallest absolute Gasteiger partial charge is 0.310 e. The van der Waals surface area contributed by atoms with Crippen LogP contribution in [0, 0.1) is 11.3 Å². The number of nitrogens with zero attached hydrogens (tertiary/aromatic N) is 1. The predicted molar refractivity (Wildman–Crippen MR) is 48.9 cm³/mol. The van der Waals surface area contributed by atoms with Crippen molar-refractivity contribution in [2.45, 2.75) is 6.42 Å². The van der Waals surface area contributed by atoms with Crippen LogP contribution in [0.2, 0.25) is 0 Å². The van der Waals surface area contributed by atoms with Crippen molar-refractivity contribution >= 4 is 12.0 Å². The zero-order chi connectivity index (χ0) is 10.4. The predicted octanol–water partition coefficient (Wildman–Crippen LogP) is 1.75. The lowest BCUT2D eigenvalue weighted by molar-refractivity contribution is -0.139. The fourth-order valence-corrected chi connectivity index (χ4v) is 0.909. The Morgan fingerprint density at radius 3 is 3.07 bits per heavy atom. The molecule has 0 fully saturated rings. The summed E-state index contributed by atoms with van der Waals surface area (Å²) < 4.78 is 9.27. The van der Waals surface area contributed by atoms with Gasteiger partial charge in [0.25, 0.3) is 0 Å². The summed E-state index contributed by atoms with van der Waals surface area (Å²) in [6, 6.07) is 3.63. The summed E-state index contributed by atoms with van der Waals surface area (Å²) in [5.41, 5.74) is 1.10. The quantitative estimate of drug-likeness (QED) is 0.539. The van der Waals surface area contributed by atoms with E-state index in [1.54, 1.807) is 12.1 Å². The summed E-state index contributed by atoms with van der Waals surface area (Å²) in [4.78, 5) is 10.9. The van der Waals surface area contributed by atoms with Crippen LogP contribution in [0.3, 0.4) is 0 Å². The maximum Gasteiger partial charge on any atom is 0.310 e. The van der Waals surface area contributed by atoms with E-state index in [0.717, 1.165) is 5.56 Å². The van der Waals surface area contributed by atoms with Crippen LogP contribution in [-0.2, 0) is 9.53 Å². The van der Waals surface area contributed by atoms with E-state index in [-0.39, 0.29) is 6.42 Å². The van der Waals surface area contributed by atoms with Crippen LogP contribution in [0.1, 0.15) is 12.0 Å². The van der Waals surface area contributed by atoms with Gasteiger partial charge in [0.1, 0.15) is 0 Å². The number of rotatable bonds is 3. The van der Waals surface area contributed by atoms with Gasteiger partial charge in [0.2, 0.25) is 0 Å². The highest BCUT2D eigenvalue weighted by atomic mass is 16.5. The highest BCUT2D eigenvalue weighted by molar-refractivity contribution is 5.76. The number of carbonyl (C=O) groups excluding carboxylic acids is 1. The number of furan rings is 1. The molecule has 0 unspecified atom stereocenters. The molecule has 0 amide bonds. The molecule has 0 N–H and O–H groups in total. The molecule has 1 aromatic rings. The lowest BCUT2D eigenvalue weighted by Gasteiger charge is -1.95. The monoisotopic (exact) mass is 191 g/mol. The average Bonchev–Trinajstić information content (AvgIpc) is 2.69. The number of methoxy groups -OCH3 is 1. The van der Waals surface area contributed by atoms with Crippen LogP contribution in [0.4, 0.5) is 0 Å². The molecular weight excluding hydrogens is 182 g/mol. The molecular formula is C10H9NO3. The Morgan fingerprint density at radius 2 is 2.57 bits per heavy atom. The first-order valence-corrected chi connectivity index (χ1v) is 3.96. The summed E-state index contributed by atoms with van der Waals surface area (Å²) in [5, 5.41) is 8.71. The van der Waals surface area contributed by atoms with E-state index in [1.807, 2.05) is 6.07 Å². The Balaban J connectivity index is 2.73. The molecule has 72 valence electrons. The van der Waals surface area contributed by atoms with Crippen molar-refractivity contribution in [2.75, 3.05) is 7.11 Å². The molecule has 0 atom stereocenters. The van der Waals surface area contributed by atoms with Crippen LogP contribution in [0.5, 0.6) is 0 Å². The molecule has 0 saturated carbocycles. The molecule has 0 saturated heterocycles. The van der Waals surface area contributed by atoms with Crippen molar-refractivity contribution in [1.29, 1.82) is 5.26 Å². The number of hydrogen-bond acceptors (Lipinski definition) is 4. The lowest BCUT2D eigenvalue weighted by Crippen LogP contribution is -2.00. The van der Waals surface area contributed by atoms with Gasteiger partial charge in [0, 0.05) is 11.1 Å². The number of hydrogen-bond donors (Lipinski definition) is 0. The number of carbonyl (C=O) groups is 1. The third kappa shape index (κ3) is 2.79. The molecule has 0 aliphatic heterocycles. The van der Waals surface area contributed by atoms with Gasteiger partial charge in [-0.1, -0.05) is 0 Å². The van der Waals surface area contributed by atoms with Crippen molar-refractivity contribution in [2.24, 2.45) is 0 Å². The first-order chi connectivity index (χ1) is 6.76. The van der Waals surface area contributed by atoms with Gasteiger partial charge in [-0.25, -0.2) is 0 Å². The zero-order valence-electron chi connectivity index (χ0n) is 7.69. The second-order valence-corrected chi connectivity index (χ2v) is 2.59. The van der Waals surface area contributed by atoms with Crippen LogP contribution in [0.15, 0.2) is 28.6 Å². The van der Waals surface area contributed by atoms with Gasteiger partial charge in [-0.05, 0) is 12.1 Å². The van der Waals surface area contributed by atoms with Gasteiger partial charge in [-0.15, -0.1) is 0 Å². The molecule has 0 radical (unpaired) electrons. The Kier molecular flexibility index (Phi) is 3.50. The molecule has 0 spiro atoms. The average molecular weight is 191 g/mol. The Morgan fingerprint density at radius 1 is 1.79 bits per heavy atom. The summed E-state index contributed by atoms with van der Waals surface area (Å²) in [5.74, 6) is -0.429. The van der Waals surface area contributed by atoms with E-state index >= 15 is 0 Å². The Hall–Kier alpha value is -2.02. The number of esters is 1. The maximum atomic E-state index is 10.9. The molecule has 1 aromatic heterocycles. The minimum absolute atomic E-state index is 0.0157. The standard InChI is InChI=1S/C10H9NO3/c1-13-10(12)5-9(6-11)4-8-2-3-14-7-8/h2-4,7H,5H2,1H3/b9-4-. The topological polar surface area (TPSA) is 63.2 Å². The minimum atomic E-state index is -0.429. The summed E-state index contributed by atoms with van der Waals surface area (Å²) in [6.07, 6.45) is 4.56. The molecule has 0 aliphatic rings. The van der Waals surface area contributed by atoms with Gasteiger partial charge in [0.05, 0.1) is 32.1 Å². The molecule has 1 rings (SSSR count). The largest absolute Gasteiger partial charge is 0.472 e. The molecule has 14 heavy (non-hydrogen) atoms. The fraction of sp³-hybridized carbons (Fsp3) is 0.200. The normalized spacial score (nSPS) is 10.7. The van der Waals surface area contributed by atoms with E-state index < -0.39 is 5.97 Å². The molecule has 4 nitrogen and oxygen atoms in total. The summed E-state index contributed by atoms with van der Waals surface area (Å²) in [6.45, 7) is 0. The number of nitriles is 1. The molecule has 4 heteroatoms. The van der Waals surface area contributed by atoms with Gasteiger partial charge >= 0.3 is 5.97 Å². The first kappa shape index (κ1) is 10.1. The lowest BCUT2D eigenvalue weighted by atomic mass is 10.1. The fourth-order valence-electron chi connectivity index (χ4n) is 0.909. The van der Waals surface area contributed by atoms with Gasteiger partial charge in [-0.3, -0.25) is 4.79 Å². The molecule has 0 aliphatic carbocycles. The second-order valence-electron chi connectivity index (χ2n) is 2.59. The highest BCUT2D eigenvalue weighted by Gasteiger charge is 2.05. The zero-order valence-corrected chi connectivity index (χ0v) is 7.69. The van der Waals surface area contributed by atoms with Crippen molar-refractivity contribution in [3.05, 3.63) is 29.7 Å². The van der Waals surface area contributed by atoms with Crippen LogP contribution in [-0.4, -0.2) is 13.1 Å². The highest BCUT2D eigenvalue weighted by Crippen LogP contribution is 2.10. The van der Waals surface area contributed by atoms with Gasteiger partial charge < -0.3 is 9.15 Å². The van der Waals surface area contributed by atoms with E-state index in [2.05, 4.69) is 4.74 Å². The third-order valence-electron chi connectivity index (χ3n) is 1.59. The molecule has 0 bridgehead atoms. The van der Waals surface area contributed by atoms with Gasteiger partial charge in [0.15, 0.2) is 0 Å². The summed E-state index contributed by atoms with van der Waals surface area (Å²) in [7, 11) is 1.29. The SMILES string of the molecule is COC(=O)C/C(C#N)=C/c1ccoc1. The van der Waals surface area contributed by atoms with Crippen molar-refractivity contribution in [1.82, 2.24) is 0 Å². The van der Waals surface area contributed by atoms with E-state index in [9.17, 15) is 4.79 Å². The first-order valence-electron chi connectivity index (χ1n) is 3.96. The molecule has 0 aromatic carbocycles. The Labute approximate surface area is 81.4 Å². The van der Waals surface area contributed by atoms with E-state index in [0.29, 0.717) is 5.57 Å². The second kappa shape index (κ2) is 4.87. The molecule has 1 heterocycles. The van der Waals surface area contributed by atoms with Gasteiger partial charge in [-0.2, -0.15) is 5.26 Å². The van der Waals surface area contributed by atoms with Crippen molar-refractivity contribution < 1.29 is 13.9 Å². The number of ether oxygens (including phenoxy) is 1. The van der Waals surface area contributed by atoms with Crippen molar-refractivity contribution in [3.8, 4) is 6.07 Å². The van der Waals surface area contributed by atoms with Crippen LogP contribution < -0.4 is 0 Å². The van der Waals surface area contributed by atoms with Crippen LogP contribution in [0.25, 0.3) is 6.08 Å². The van der Waals surface area contributed by atoms with Crippen molar-refractivity contribution in [3.63, 3.8) is 0 Å². The summed E-state index contributed by atoms with van der Waals surface area (Å²) >= 11 is 0. The maximum absolute atomic E-state index is 10.9. The third-order valence-corrected chi connectivity index (χ3v) is 1.59. The Bertz CT molecular complexity index is 371. The van der Waals surface area contributed by atoms with E-state index in [4.69, 9.17) is 9.68 Å². The van der Waals surface area contributed by atoms with E-state index in [1.165, 1.54) is 19.6 Å².